The zero-order valence-electron chi connectivity index (χ0n) is 10.5. The molecule has 0 radical (unpaired) electrons. The number of alkyl halides is 1. The summed E-state index contributed by atoms with van der Waals surface area (Å²) in [6.07, 6.45) is 0. The minimum Gasteiger partial charge on any atom is -0.348 e. The molecule has 2 atom stereocenters. The van der Waals surface area contributed by atoms with Gasteiger partial charge in [0.15, 0.2) is 0 Å². The fourth-order valence-electron chi connectivity index (χ4n) is 1.28. The van der Waals surface area contributed by atoms with Crippen LogP contribution in [0.4, 0.5) is 0 Å². The summed E-state index contributed by atoms with van der Waals surface area (Å²) < 4.78 is 3.86. The fraction of sp³-hybridized carbons (Fsp3) is 0.727. The second-order valence-electron chi connectivity index (χ2n) is 4.54. The van der Waals surface area contributed by atoms with Crippen molar-refractivity contribution in [3.8, 4) is 0 Å². The maximum Gasteiger partial charge on any atom is 0.265 e. The van der Waals surface area contributed by atoms with Crippen LogP contribution in [0.25, 0.3) is 0 Å². The Bertz CT molecular complexity index is 381. The second-order valence-corrected chi connectivity index (χ2v) is 5.94. The van der Waals surface area contributed by atoms with Crippen LogP contribution in [-0.4, -0.2) is 26.9 Å². The normalized spacial score (nSPS) is 14.7. The van der Waals surface area contributed by atoms with Gasteiger partial charge in [0.2, 0.25) is 0 Å². The topological polar surface area (TPSA) is 54.9 Å². The zero-order chi connectivity index (χ0) is 13.0. The molecule has 1 amide bonds. The predicted molar refractivity (Wildman–Crippen MR) is 73.9 cm³/mol. The zero-order valence-corrected chi connectivity index (χ0v) is 12.9. The van der Waals surface area contributed by atoms with E-state index in [0.717, 1.165) is 22.6 Å². The first-order valence-corrected chi connectivity index (χ1v) is 7.55. The molecular formula is C11H18BrN3OS. The van der Waals surface area contributed by atoms with Gasteiger partial charge in [0.05, 0.1) is 5.69 Å². The molecule has 0 fully saturated rings. The van der Waals surface area contributed by atoms with Crippen molar-refractivity contribution >= 4 is 33.4 Å². The van der Waals surface area contributed by atoms with Crippen LogP contribution in [0.5, 0.6) is 0 Å². The lowest BCUT2D eigenvalue weighted by molar-refractivity contribution is 0.0934. The molecule has 1 rings (SSSR count). The van der Waals surface area contributed by atoms with E-state index in [4.69, 9.17) is 0 Å². The quantitative estimate of drug-likeness (QED) is 0.849. The van der Waals surface area contributed by atoms with Crippen LogP contribution >= 0.6 is 27.5 Å². The van der Waals surface area contributed by atoms with Crippen molar-refractivity contribution in [1.82, 2.24) is 14.9 Å². The van der Waals surface area contributed by atoms with Gasteiger partial charge < -0.3 is 5.32 Å². The Labute approximate surface area is 114 Å². The summed E-state index contributed by atoms with van der Waals surface area (Å²) in [5, 5.41) is 7.86. The van der Waals surface area contributed by atoms with Crippen LogP contribution in [0.2, 0.25) is 0 Å². The summed E-state index contributed by atoms with van der Waals surface area (Å²) in [7, 11) is 0. The van der Waals surface area contributed by atoms with Gasteiger partial charge in [-0.05, 0) is 30.3 Å². The maximum atomic E-state index is 12.1. The van der Waals surface area contributed by atoms with Crippen LogP contribution in [0.3, 0.4) is 0 Å². The monoisotopic (exact) mass is 319 g/mol. The van der Waals surface area contributed by atoms with E-state index in [1.54, 1.807) is 0 Å². The van der Waals surface area contributed by atoms with Crippen LogP contribution in [0.15, 0.2) is 0 Å². The highest BCUT2D eigenvalue weighted by atomic mass is 79.9. The number of rotatable bonds is 5. The average molecular weight is 320 g/mol. The van der Waals surface area contributed by atoms with Crippen molar-refractivity contribution in [2.75, 3.05) is 5.33 Å². The highest BCUT2D eigenvalue weighted by Crippen LogP contribution is 2.20. The molecular weight excluding hydrogens is 302 g/mol. The Hall–Kier alpha value is -0.490. The number of amides is 1. The molecule has 0 aliphatic heterocycles. The molecule has 0 aromatic carbocycles. The summed E-state index contributed by atoms with van der Waals surface area (Å²) in [6, 6.07) is 0.129. The van der Waals surface area contributed by atoms with Crippen molar-refractivity contribution in [1.29, 1.82) is 0 Å². The predicted octanol–water partition coefficient (Wildman–Crippen LogP) is 2.81. The number of carbonyl (C=O) groups is 1. The Morgan fingerprint density at radius 1 is 1.41 bits per heavy atom. The summed E-state index contributed by atoms with van der Waals surface area (Å²) >= 11 is 4.58. The van der Waals surface area contributed by atoms with Crippen LogP contribution in [0.1, 0.15) is 49.0 Å². The maximum absolute atomic E-state index is 12.1. The summed E-state index contributed by atoms with van der Waals surface area (Å²) in [5.74, 6) is 0.546. The number of carbonyl (C=O) groups excluding carboxylic acids is 1. The molecule has 1 N–H and O–H groups in total. The first-order valence-electron chi connectivity index (χ1n) is 5.66. The third-order valence-electron chi connectivity index (χ3n) is 2.72. The SMILES string of the molecule is CC(C)c1nnsc1C(=O)NC(C)C(C)CBr. The summed E-state index contributed by atoms with van der Waals surface area (Å²) in [5.41, 5.74) is 0.784. The molecule has 0 spiro atoms. The average Bonchev–Trinajstić information content (AvgIpc) is 2.76. The Kier molecular flexibility index (Phi) is 5.52. The van der Waals surface area contributed by atoms with E-state index in [1.807, 2.05) is 20.8 Å². The minimum absolute atomic E-state index is 0.0657. The van der Waals surface area contributed by atoms with Gasteiger partial charge >= 0.3 is 0 Å². The Balaban J connectivity index is 2.73. The number of hydrogen-bond donors (Lipinski definition) is 1. The lowest BCUT2D eigenvalue weighted by Gasteiger charge is -2.19. The molecule has 1 heterocycles. The van der Waals surface area contributed by atoms with Crippen molar-refractivity contribution in [3.05, 3.63) is 10.6 Å². The van der Waals surface area contributed by atoms with E-state index in [1.165, 1.54) is 0 Å². The van der Waals surface area contributed by atoms with E-state index < -0.39 is 0 Å². The lowest BCUT2D eigenvalue weighted by atomic mass is 10.1. The largest absolute Gasteiger partial charge is 0.348 e. The van der Waals surface area contributed by atoms with Crippen LogP contribution < -0.4 is 5.32 Å². The van der Waals surface area contributed by atoms with Crippen molar-refractivity contribution in [2.24, 2.45) is 5.92 Å². The van der Waals surface area contributed by atoms with E-state index in [2.05, 4.69) is 37.8 Å². The van der Waals surface area contributed by atoms with E-state index in [0.29, 0.717) is 10.8 Å². The molecule has 1 aromatic heterocycles. The number of nitrogens with one attached hydrogen (secondary N) is 1. The summed E-state index contributed by atoms with van der Waals surface area (Å²) in [4.78, 5) is 12.7. The smallest absolute Gasteiger partial charge is 0.265 e. The van der Waals surface area contributed by atoms with Gasteiger partial charge in [-0.2, -0.15) is 0 Å². The third-order valence-corrected chi connectivity index (χ3v) is 4.48. The van der Waals surface area contributed by atoms with Crippen molar-refractivity contribution < 1.29 is 4.79 Å². The molecule has 1 aromatic rings. The van der Waals surface area contributed by atoms with Gasteiger partial charge in [0.1, 0.15) is 4.88 Å². The van der Waals surface area contributed by atoms with E-state index >= 15 is 0 Å². The molecule has 6 heteroatoms. The van der Waals surface area contributed by atoms with Crippen molar-refractivity contribution in [2.45, 2.75) is 39.7 Å². The Morgan fingerprint density at radius 2 is 2.06 bits per heavy atom. The van der Waals surface area contributed by atoms with Gasteiger partial charge in [-0.3, -0.25) is 4.79 Å². The van der Waals surface area contributed by atoms with Gasteiger partial charge in [-0.1, -0.05) is 41.2 Å². The molecule has 96 valence electrons. The van der Waals surface area contributed by atoms with Gasteiger partial charge in [0.25, 0.3) is 5.91 Å². The number of nitrogens with zero attached hydrogens (tertiary/aromatic N) is 2. The minimum atomic E-state index is -0.0657. The number of hydrogen-bond acceptors (Lipinski definition) is 4. The third kappa shape index (κ3) is 3.74. The molecule has 2 unspecified atom stereocenters. The van der Waals surface area contributed by atoms with Gasteiger partial charge in [0, 0.05) is 11.4 Å². The number of aromatic nitrogens is 2. The molecule has 17 heavy (non-hydrogen) atoms. The van der Waals surface area contributed by atoms with Crippen LogP contribution in [0, 0.1) is 5.92 Å². The van der Waals surface area contributed by atoms with Crippen molar-refractivity contribution in [3.63, 3.8) is 0 Å². The highest BCUT2D eigenvalue weighted by Gasteiger charge is 2.21. The molecule has 0 aliphatic carbocycles. The molecule has 0 bridgehead atoms. The first-order chi connectivity index (χ1) is 7.97. The highest BCUT2D eigenvalue weighted by molar-refractivity contribution is 9.09. The molecule has 0 saturated heterocycles. The fourth-order valence-corrected chi connectivity index (χ4v) is 2.56. The van der Waals surface area contributed by atoms with E-state index in [-0.39, 0.29) is 17.9 Å². The Morgan fingerprint density at radius 3 is 2.59 bits per heavy atom. The summed E-state index contributed by atoms with van der Waals surface area (Å²) in [6.45, 7) is 8.12. The molecule has 4 nitrogen and oxygen atoms in total. The molecule has 0 saturated carbocycles. The second kappa shape index (κ2) is 6.44. The van der Waals surface area contributed by atoms with Gasteiger partial charge in [-0.15, -0.1) is 5.10 Å². The van der Waals surface area contributed by atoms with Crippen LogP contribution in [-0.2, 0) is 0 Å². The van der Waals surface area contributed by atoms with Gasteiger partial charge in [-0.25, -0.2) is 0 Å². The first kappa shape index (κ1) is 14.6. The molecule has 0 aliphatic rings. The lowest BCUT2D eigenvalue weighted by Crippen LogP contribution is -2.37. The van der Waals surface area contributed by atoms with E-state index in [9.17, 15) is 4.79 Å². The standard InChI is InChI=1S/C11H18BrN3OS/c1-6(2)9-10(17-15-14-9)11(16)13-8(4)7(3)5-12/h6-8H,5H2,1-4H3,(H,13,16). The number of halogens is 1.